The maximum Gasteiger partial charge on any atom is 0.467 e. The Bertz CT molecular complexity index is 648. The van der Waals surface area contributed by atoms with Crippen molar-refractivity contribution in [2.45, 2.75) is 6.54 Å². The molecule has 9 nitrogen and oxygen atoms in total. The summed E-state index contributed by atoms with van der Waals surface area (Å²) in [4.78, 5) is 31.3. The molecule has 1 aromatic carbocycles. The Kier molecular flexibility index (Phi) is 3.51. The minimum absolute atomic E-state index is 0.307. The molecule has 1 heterocycles. The number of carbonyl (C=O) groups excluding carboxylic acids is 1. The smallest absolute Gasteiger partial charge is 0.358 e. The predicted molar refractivity (Wildman–Crippen MR) is 66.3 cm³/mol. The standard InChI is InChI=1S/C11H8N4O5/c16-10(8-4-2-1-3-5-8)7-13-6-9(14(17)18)11(12-13)15(19)20/h1-6H,7H2. The molecule has 0 saturated carbocycles. The fourth-order valence-electron chi connectivity index (χ4n) is 1.60. The van der Waals surface area contributed by atoms with E-state index in [2.05, 4.69) is 5.10 Å². The molecule has 0 aliphatic rings. The Hall–Kier alpha value is -3.10. The molecule has 2 aromatic rings. The number of nitrogens with zero attached hydrogens (tertiary/aromatic N) is 4. The van der Waals surface area contributed by atoms with Gasteiger partial charge in [0, 0.05) is 5.56 Å². The van der Waals surface area contributed by atoms with Crippen molar-refractivity contribution in [2.24, 2.45) is 0 Å². The van der Waals surface area contributed by atoms with Crippen molar-refractivity contribution in [3.8, 4) is 0 Å². The molecule has 102 valence electrons. The first-order chi connectivity index (χ1) is 9.49. The number of benzene rings is 1. The Morgan fingerprint density at radius 3 is 2.30 bits per heavy atom. The van der Waals surface area contributed by atoms with Gasteiger partial charge in [0.15, 0.2) is 5.78 Å². The van der Waals surface area contributed by atoms with E-state index in [1.54, 1.807) is 30.3 Å². The molecule has 0 fully saturated rings. The number of aromatic nitrogens is 2. The maximum absolute atomic E-state index is 11.9. The van der Waals surface area contributed by atoms with E-state index >= 15 is 0 Å². The van der Waals surface area contributed by atoms with Crippen LogP contribution in [0.4, 0.5) is 11.5 Å². The van der Waals surface area contributed by atoms with Crippen LogP contribution in [-0.2, 0) is 6.54 Å². The molecule has 1 aromatic heterocycles. The fourth-order valence-corrected chi connectivity index (χ4v) is 1.60. The SMILES string of the molecule is O=C(Cn1cc([N+](=O)[O-])c([N+](=O)[O-])n1)c1ccccc1. The number of hydrogen-bond acceptors (Lipinski definition) is 6. The first-order valence-corrected chi connectivity index (χ1v) is 5.43. The second-order valence-corrected chi connectivity index (χ2v) is 3.84. The normalized spacial score (nSPS) is 10.2. The number of ketones is 1. The van der Waals surface area contributed by atoms with Crippen molar-refractivity contribution >= 4 is 17.3 Å². The van der Waals surface area contributed by atoms with E-state index in [1.165, 1.54) is 0 Å². The lowest BCUT2D eigenvalue weighted by Gasteiger charge is -1.97. The van der Waals surface area contributed by atoms with Crippen LogP contribution in [-0.4, -0.2) is 25.4 Å². The minimum atomic E-state index is -0.957. The molecule has 2 rings (SSSR count). The van der Waals surface area contributed by atoms with E-state index in [0.717, 1.165) is 10.9 Å². The lowest BCUT2D eigenvalue weighted by molar-refractivity contribution is -0.424. The Morgan fingerprint density at radius 2 is 1.80 bits per heavy atom. The van der Waals surface area contributed by atoms with E-state index < -0.39 is 21.4 Å². The molecule has 0 atom stereocenters. The third-order valence-corrected chi connectivity index (χ3v) is 2.49. The van der Waals surface area contributed by atoms with Gasteiger partial charge in [0.2, 0.25) is 0 Å². The molecule has 0 N–H and O–H groups in total. The van der Waals surface area contributed by atoms with Gasteiger partial charge >= 0.3 is 11.5 Å². The van der Waals surface area contributed by atoms with Crippen LogP contribution < -0.4 is 0 Å². The number of carbonyl (C=O) groups is 1. The van der Waals surface area contributed by atoms with Gasteiger partial charge in [-0.3, -0.25) is 14.9 Å². The average molecular weight is 276 g/mol. The molecule has 0 radical (unpaired) electrons. The molecule has 0 aliphatic carbocycles. The van der Waals surface area contributed by atoms with Gasteiger partial charge in [-0.1, -0.05) is 30.3 Å². The van der Waals surface area contributed by atoms with Gasteiger partial charge in [0.25, 0.3) is 0 Å². The summed E-state index contributed by atoms with van der Waals surface area (Å²) in [5, 5.41) is 24.7. The molecule has 9 heteroatoms. The summed E-state index contributed by atoms with van der Waals surface area (Å²) in [6.07, 6.45) is 0.874. The van der Waals surface area contributed by atoms with Crippen LogP contribution in [0.2, 0.25) is 0 Å². The Balaban J connectivity index is 2.27. The molecule has 0 saturated heterocycles. The van der Waals surface area contributed by atoms with Crippen molar-refractivity contribution in [2.75, 3.05) is 0 Å². The third kappa shape index (κ3) is 2.66. The van der Waals surface area contributed by atoms with Crippen LogP contribution in [0.3, 0.4) is 0 Å². The molecule has 0 bridgehead atoms. The highest BCUT2D eigenvalue weighted by molar-refractivity contribution is 5.95. The van der Waals surface area contributed by atoms with E-state index in [-0.39, 0.29) is 12.3 Å². The van der Waals surface area contributed by atoms with Crippen molar-refractivity contribution in [1.29, 1.82) is 0 Å². The average Bonchev–Trinajstić information content (AvgIpc) is 2.84. The van der Waals surface area contributed by atoms with Crippen molar-refractivity contribution in [1.82, 2.24) is 9.78 Å². The highest BCUT2D eigenvalue weighted by atomic mass is 16.6. The second kappa shape index (κ2) is 5.26. The summed E-state index contributed by atoms with van der Waals surface area (Å²) in [7, 11) is 0. The van der Waals surface area contributed by atoms with Gasteiger partial charge in [-0.05, 0) is 4.92 Å². The largest absolute Gasteiger partial charge is 0.467 e. The molecule has 0 amide bonds. The van der Waals surface area contributed by atoms with Crippen LogP contribution in [0.25, 0.3) is 0 Å². The van der Waals surface area contributed by atoms with Gasteiger partial charge in [0.05, 0.1) is 10.0 Å². The number of rotatable bonds is 5. The van der Waals surface area contributed by atoms with Crippen molar-refractivity contribution < 1.29 is 14.6 Å². The topological polar surface area (TPSA) is 121 Å². The highest BCUT2D eigenvalue weighted by Crippen LogP contribution is 2.24. The monoisotopic (exact) mass is 276 g/mol. The second-order valence-electron chi connectivity index (χ2n) is 3.84. The van der Waals surface area contributed by atoms with E-state index in [4.69, 9.17) is 0 Å². The number of hydrogen-bond donors (Lipinski definition) is 0. The van der Waals surface area contributed by atoms with Gasteiger partial charge in [-0.25, -0.2) is 0 Å². The van der Waals surface area contributed by atoms with Gasteiger partial charge in [-0.2, -0.15) is 4.68 Å². The Morgan fingerprint density at radius 1 is 1.15 bits per heavy atom. The summed E-state index contributed by atoms with van der Waals surface area (Å²) in [5.41, 5.74) is -0.343. The molecular formula is C11H8N4O5. The Labute approximate surface area is 111 Å². The number of nitro groups is 2. The lowest BCUT2D eigenvalue weighted by atomic mass is 10.1. The highest BCUT2D eigenvalue weighted by Gasteiger charge is 2.31. The quantitative estimate of drug-likeness (QED) is 0.464. The molecule has 0 spiro atoms. The molecular weight excluding hydrogens is 268 g/mol. The maximum atomic E-state index is 11.9. The van der Waals surface area contributed by atoms with Gasteiger partial charge in [-0.15, -0.1) is 0 Å². The fraction of sp³-hybridized carbons (Fsp3) is 0.0909. The van der Waals surface area contributed by atoms with Crippen LogP contribution in [0.1, 0.15) is 10.4 Å². The van der Waals surface area contributed by atoms with Crippen molar-refractivity contribution in [3.63, 3.8) is 0 Å². The zero-order valence-corrected chi connectivity index (χ0v) is 10.0. The van der Waals surface area contributed by atoms with E-state index in [9.17, 15) is 25.0 Å². The first kappa shape index (κ1) is 13.3. The third-order valence-electron chi connectivity index (χ3n) is 2.49. The minimum Gasteiger partial charge on any atom is -0.358 e. The van der Waals surface area contributed by atoms with Crippen LogP contribution in [0.15, 0.2) is 36.5 Å². The van der Waals surface area contributed by atoms with Gasteiger partial charge in [0.1, 0.15) is 12.7 Å². The zero-order chi connectivity index (χ0) is 14.7. The van der Waals surface area contributed by atoms with Crippen LogP contribution in [0.5, 0.6) is 0 Å². The summed E-state index contributed by atoms with van der Waals surface area (Å²) in [6, 6.07) is 8.23. The van der Waals surface area contributed by atoms with Crippen LogP contribution >= 0.6 is 0 Å². The predicted octanol–water partition coefficient (Wildman–Crippen LogP) is 1.58. The summed E-state index contributed by atoms with van der Waals surface area (Å²) >= 11 is 0. The van der Waals surface area contributed by atoms with Gasteiger partial charge < -0.3 is 10.1 Å². The van der Waals surface area contributed by atoms with Crippen LogP contribution in [0, 0.1) is 20.2 Å². The number of Topliss-reactive ketones (excluding diaryl/α,β-unsaturated/α-hetero) is 1. The zero-order valence-electron chi connectivity index (χ0n) is 10.0. The first-order valence-electron chi connectivity index (χ1n) is 5.43. The molecule has 0 unspecified atom stereocenters. The van der Waals surface area contributed by atoms with E-state index in [0.29, 0.717) is 5.56 Å². The van der Waals surface area contributed by atoms with E-state index in [1.807, 2.05) is 0 Å². The summed E-state index contributed by atoms with van der Waals surface area (Å²) in [6.45, 7) is -0.307. The van der Waals surface area contributed by atoms with Crippen molar-refractivity contribution in [3.05, 3.63) is 62.3 Å². The molecule has 20 heavy (non-hydrogen) atoms. The molecule has 0 aliphatic heterocycles. The summed E-state index contributed by atoms with van der Waals surface area (Å²) in [5.74, 6) is -1.23. The lowest BCUT2D eigenvalue weighted by Crippen LogP contribution is -2.11. The summed E-state index contributed by atoms with van der Waals surface area (Å²) < 4.78 is 0.894.